The Morgan fingerprint density at radius 2 is 1.81 bits per heavy atom. The van der Waals surface area contributed by atoms with Gasteiger partial charge in [0.1, 0.15) is 5.82 Å². The average Bonchev–Trinajstić information content (AvgIpc) is 2.84. The molecular formula is C16H19N5. The van der Waals surface area contributed by atoms with Gasteiger partial charge >= 0.3 is 0 Å². The van der Waals surface area contributed by atoms with Crippen LogP contribution in [0.1, 0.15) is 22.6 Å². The first-order valence-corrected chi connectivity index (χ1v) is 6.99. The lowest BCUT2D eigenvalue weighted by molar-refractivity contribution is 0.808. The van der Waals surface area contributed by atoms with Crippen molar-refractivity contribution in [3.63, 3.8) is 0 Å². The molecule has 5 heteroatoms. The molecule has 0 aliphatic carbocycles. The molecule has 0 aliphatic rings. The summed E-state index contributed by atoms with van der Waals surface area (Å²) in [6.45, 7) is 6.86. The van der Waals surface area contributed by atoms with E-state index in [4.69, 9.17) is 0 Å². The number of anilines is 1. The molecule has 0 aromatic carbocycles. The minimum atomic E-state index is 0.737. The Morgan fingerprint density at radius 3 is 2.57 bits per heavy atom. The van der Waals surface area contributed by atoms with E-state index in [9.17, 15) is 0 Å². The van der Waals surface area contributed by atoms with E-state index in [1.807, 2.05) is 30.5 Å². The lowest BCUT2D eigenvalue weighted by Gasteiger charge is -2.20. The average molecular weight is 281 g/mol. The van der Waals surface area contributed by atoms with Gasteiger partial charge in [-0.1, -0.05) is 0 Å². The predicted octanol–water partition coefficient (Wildman–Crippen LogP) is 2.69. The molecule has 0 bridgehead atoms. The van der Waals surface area contributed by atoms with Crippen LogP contribution in [0.5, 0.6) is 0 Å². The van der Waals surface area contributed by atoms with Gasteiger partial charge in [0.15, 0.2) is 5.65 Å². The standard InChI is InChI=1S/C16H19N5/c1-11-7-12(2)18-14(8-11)10-20(4)16-9-13(3)19-15-5-6-17-21(15)16/h5-9H,10H2,1-4H3. The number of nitrogens with zero attached hydrogens (tertiary/aromatic N) is 5. The SMILES string of the molecule is Cc1cc(C)nc(CN(C)c2cc(C)nc3ccnn23)c1. The molecular weight excluding hydrogens is 262 g/mol. The van der Waals surface area contributed by atoms with Crippen molar-refractivity contribution < 1.29 is 0 Å². The Balaban J connectivity index is 1.96. The van der Waals surface area contributed by atoms with Crippen molar-refractivity contribution >= 4 is 11.5 Å². The molecule has 0 spiro atoms. The van der Waals surface area contributed by atoms with Gasteiger partial charge in [-0.05, 0) is 38.5 Å². The van der Waals surface area contributed by atoms with Crippen molar-refractivity contribution in [1.29, 1.82) is 0 Å². The Labute approximate surface area is 124 Å². The Kier molecular flexibility index (Phi) is 3.33. The highest BCUT2D eigenvalue weighted by molar-refractivity contribution is 5.50. The summed E-state index contributed by atoms with van der Waals surface area (Å²) in [5.74, 6) is 1.02. The largest absolute Gasteiger partial charge is 0.354 e. The number of pyridine rings is 1. The number of hydrogen-bond donors (Lipinski definition) is 0. The summed E-state index contributed by atoms with van der Waals surface area (Å²) in [6, 6.07) is 8.17. The highest BCUT2D eigenvalue weighted by Crippen LogP contribution is 2.18. The summed E-state index contributed by atoms with van der Waals surface area (Å²) in [5.41, 5.74) is 5.20. The van der Waals surface area contributed by atoms with Gasteiger partial charge in [0.05, 0.1) is 18.4 Å². The second-order valence-corrected chi connectivity index (χ2v) is 5.49. The molecule has 108 valence electrons. The van der Waals surface area contributed by atoms with Gasteiger partial charge in [-0.3, -0.25) is 4.98 Å². The predicted molar refractivity (Wildman–Crippen MR) is 83.5 cm³/mol. The Bertz CT molecular complexity index is 770. The highest BCUT2D eigenvalue weighted by atomic mass is 15.3. The van der Waals surface area contributed by atoms with E-state index in [1.165, 1.54) is 5.56 Å². The molecule has 5 nitrogen and oxygen atoms in total. The van der Waals surface area contributed by atoms with Crippen LogP contribution in [0, 0.1) is 20.8 Å². The van der Waals surface area contributed by atoms with Gasteiger partial charge in [-0.15, -0.1) is 0 Å². The normalized spacial score (nSPS) is 11.0. The van der Waals surface area contributed by atoms with Crippen molar-refractivity contribution in [2.24, 2.45) is 0 Å². The summed E-state index contributed by atoms with van der Waals surface area (Å²) < 4.78 is 1.86. The number of rotatable bonds is 3. The third-order valence-electron chi connectivity index (χ3n) is 3.41. The minimum Gasteiger partial charge on any atom is -0.354 e. The third kappa shape index (κ3) is 2.72. The molecule has 0 radical (unpaired) electrons. The van der Waals surface area contributed by atoms with Crippen LogP contribution < -0.4 is 4.90 Å². The van der Waals surface area contributed by atoms with Crippen LogP contribution in [-0.4, -0.2) is 26.6 Å². The molecule has 0 saturated carbocycles. The van der Waals surface area contributed by atoms with Gasteiger partial charge in [-0.2, -0.15) is 9.61 Å². The second-order valence-electron chi connectivity index (χ2n) is 5.49. The van der Waals surface area contributed by atoms with Crippen LogP contribution >= 0.6 is 0 Å². The first-order chi connectivity index (χ1) is 10.0. The zero-order valence-electron chi connectivity index (χ0n) is 12.8. The molecule has 3 aromatic rings. The number of aromatic nitrogens is 4. The Hall–Kier alpha value is -2.43. The fourth-order valence-electron chi connectivity index (χ4n) is 2.62. The fraction of sp³-hybridized carbons (Fsp3) is 0.312. The van der Waals surface area contributed by atoms with E-state index in [2.05, 4.69) is 46.1 Å². The van der Waals surface area contributed by atoms with Crippen molar-refractivity contribution in [2.75, 3.05) is 11.9 Å². The van der Waals surface area contributed by atoms with Crippen molar-refractivity contribution in [1.82, 2.24) is 19.6 Å². The number of aryl methyl sites for hydroxylation is 3. The molecule has 3 aromatic heterocycles. The number of fused-ring (bicyclic) bond motifs is 1. The third-order valence-corrected chi connectivity index (χ3v) is 3.41. The minimum absolute atomic E-state index is 0.737. The molecule has 3 heterocycles. The topological polar surface area (TPSA) is 46.3 Å². The molecule has 0 aliphatic heterocycles. The second kappa shape index (κ2) is 5.16. The summed E-state index contributed by atoms with van der Waals surface area (Å²) in [4.78, 5) is 11.2. The zero-order chi connectivity index (χ0) is 15.0. The summed E-state index contributed by atoms with van der Waals surface area (Å²) in [6.07, 6.45) is 1.77. The van der Waals surface area contributed by atoms with Gasteiger partial charge in [0.2, 0.25) is 0 Å². The molecule has 21 heavy (non-hydrogen) atoms. The molecule has 0 fully saturated rings. The molecule has 3 rings (SSSR count). The van der Waals surface area contributed by atoms with Gasteiger partial charge in [0.25, 0.3) is 0 Å². The summed E-state index contributed by atoms with van der Waals surface area (Å²) in [7, 11) is 2.05. The van der Waals surface area contributed by atoms with E-state index >= 15 is 0 Å². The van der Waals surface area contributed by atoms with Crippen LogP contribution in [0.3, 0.4) is 0 Å². The van der Waals surface area contributed by atoms with E-state index in [0.717, 1.165) is 35.1 Å². The molecule has 0 amide bonds. The van der Waals surface area contributed by atoms with E-state index < -0.39 is 0 Å². The summed E-state index contributed by atoms with van der Waals surface area (Å²) >= 11 is 0. The fourth-order valence-corrected chi connectivity index (χ4v) is 2.62. The van der Waals surface area contributed by atoms with Crippen LogP contribution in [0.4, 0.5) is 5.82 Å². The van der Waals surface area contributed by atoms with Gasteiger partial charge in [0, 0.05) is 30.6 Å². The van der Waals surface area contributed by atoms with Crippen LogP contribution in [0.2, 0.25) is 0 Å². The maximum atomic E-state index is 4.60. The van der Waals surface area contributed by atoms with E-state index in [-0.39, 0.29) is 0 Å². The monoisotopic (exact) mass is 281 g/mol. The van der Waals surface area contributed by atoms with Crippen molar-refractivity contribution in [2.45, 2.75) is 27.3 Å². The quantitative estimate of drug-likeness (QED) is 0.740. The molecule has 0 unspecified atom stereocenters. The first-order valence-electron chi connectivity index (χ1n) is 6.99. The van der Waals surface area contributed by atoms with Gasteiger partial charge < -0.3 is 4.90 Å². The smallest absolute Gasteiger partial charge is 0.157 e. The van der Waals surface area contributed by atoms with Gasteiger partial charge in [-0.25, -0.2) is 4.98 Å². The zero-order valence-corrected chi connectivity index (χ0v) is 12.8. The molecule has 0 saturated heterocycles. The highest BCUT2D eigenvalue weighted by Gasteiger charge is 2.10. The lowest BCUT2D eigenvalue weighted by atomic mass is 10.2. The summed E-state index contributed by atoms with van der Waals surface area (Å²) in [5, 5.41) is 4.35. The van der Waals surface area contributed by atoms with Crippen LogP contribution in [0.15, 0.2) is 30.5 Å². The molecule has 0 atom stereocenters. The maximum absolute atomic E-state index is 4.60. The van der Waals surface area contributed by atoms with Crippen molar-refractivity contribution in [3.05, 3.63) is 53.1 Å². The Morgan fingerprint density at radius 1 is 1.05 bits per heavy atom. The first kappa shape index (κ1) is 13.5. The van der Waals surface area contributed by atoms with Crippen molar-refractivity contribution in [3.8, 4) is 0 Å². The van der Waals surface area contributed by atoms with Crippen LogP contribution in [0.25, 0.3) is 5.65 Å². The van der Waals surface area contributed by atoms with E-state index in [0.29, 0.717) is 0 Å². The number of hydrogen-bond acceptors (Lipinski definition) is 4. The lowest BCUT2D eigenvalue weighted by Crippen LogP contribution is -2.21. The maximum Gasteiger partial charge on any atom is 0.157 e. The van der Waals surface area contributed by atoms with Crippen LogP contribution in [-0.2, 0) is 6.54 Å². The molecule has 0 N–H and O–H groups in total. The van der Waals surface area contributed by atoms with E-state index in [1.54, 1.807) is 6.20 Å².